The third-order valence-corrected chi connectivity index (χ3v) is 6.11. The normalized spacial score (nSPS) is 52.1. The molecule has 4 unspecified atom stereocenters. The number of Topliss-reactive ketones (excluding diaryl/α,β-unsaturated/α-hetero) is 1. The number of carbonyl (C=O) groups excluding carboxylic acids is 1. The summed E-state index contributed by atoms with van der Waals surface area (Å²) in [5.74, 6) is 1.09. The van der Waals surface area contributed by atoms with Gasteiger partial charge in [-0.25, -0.2) is 0 Å². The maximum atomic E-state index is 12.3. The highest BCUT2D eigenvalue weighted by Gasteiger charge is 2.81. The predicted molar refractivity (Wildman–Crippen MR) is 62.1 cm³/mol. The average Bonchev–Trinajstić information content (AvgIpc) is 2.88. The van der Waals surface area contributed by atoms with E-state index in [2.05, 4.69) is 34.6 Å². The second-order valence-corrected chi connectivity index (χ2v) is 7.10. The fourth-order valence-electron chi connectivity index (χ4n) is 4.81. The first-order chi connectivity index (χ1) is 7.26. The molecule has 2 aliphatic carbocycles. The van der Waals surface area contributed by atoms with Crippen molar-refractivity contribution in [2.45, 2.75) is 59.2 Å². The maximum absolute atomic E-state index is 12.3. The van der Waals surface area contributed by atoms with E-state index < -0.39 is 0 Å². The van der Waals surface area contributed by atoms with E-state index in [0.717, 1.165) is 12.8 Å². The van der Waals surface area contributed by atoms with Crippen molar-refractivity contribution in [2.75, 3.05) is 0 Å². The molecule has 3 fully saturated rings. The van der Waals surface area contributed by atoms with E-state index in [0.29, 0.717) is 17.8 Å². The van der Waals surface area contributed by atoms with Crippen LogP contribution in [0.1, 0.15) is 47.5 Å². The van der Waals surface area contributed by atoms with Gasteiger partial charge in [0.25, 0.3) is 0 Å². The van der Waals surface area contributed by atoms with Gasteiger partial charge in [0.1, 0.15) is 11.4 Å². The number of rotatable bonds is 0. The highest BCUT2D eigenvalue weighted by molar-refractivity contribution is 5.86. The Bertz CT molecular complexity index is 369. The highest BCUT2D eigenvalue weighted by Crippen LogP contribution is 2.73. The van der Waals surface area contributed by atoms with Crippen LogP contribution in [-0.4, -0.2) is 17.5 Å². The van der Waals surface area contributed by atoms with Gasteiger partial charge >= 0.3 is 0 Å². The van der Waals surface area contributed by atoms with Crippen LogP contribution in [0.3, 0.4) is 0 Å². The fraction of sp³-hybridized carbons (Fsp3) is 0.929. The first-order valence-electron chi connectivity index (χ1n) is 6.47. The summed E-state index contributed by atoms with van der Waals surface area (Å²) in [4.78, 5) is 12.3. The van der Waals surface area contributed by atoms with Crippen molar-refractivity contribution >= 4 is 5.78 Å². The smallest absolute Gasteiger partial charge is 0.139 e. The third-order valence-electron chi connectivity index (χ3n) is 6.11. The Labute approximate surface area is 97.7 Å². The van der Waals surface area contributed by atoms with Gasteiger partial charge in [-0.15, -0.1) is 0 Å². The molecule has 1 aliphatic heterocycles. The van der Waals surface area contributed by atoms with Gasteiger partial charge in [0.15, 0.2) is 0 Å². The largest absolute Gasteiger partial charge is 0.365 e. The lowest BCUT2D eigenvalue weighted by Gasteiger charge is -2.32. The minimum absolute atomic E-state index is 0.0791. The van der Waals surface area contributed by atoms with Crippen molar-refractivity contribution in [2.24, 2.45) is 22.7 Å². The van der Waals surface area contributed by atoms with Crippen molar-refractivity contribution in [3.05, 3.63) is 0 Å². The summed E-state index contributed by atoms with van der Waals surface area (Å²) >= 11 is 0. The van der Waals surface area contributed by atoms with E-state index >= 15 is 0 Å². The van der Waals surface area contributed by atoms with E-state index in [1.54, 1.807) is 0 Å². The number of ketones is 1. The quantitative estimate of drug-likeness (QED) is 0.590. The van der Waals surface area contributed by atoms with Gasteiger partial charge in [-0.1, -0.05) is 34.6 Å². The molecule has 0 amide bonds. The van der Waals surface area contributed by atoms with Crippen LogP contribution in [-0.2, 0) is 9.53 Å². The van der Waals surface area contributed by atoms with E-state index in [1.165, 1.54) is 0 Å². The molecule has 0 bridgehead atoms. The van der Waals surface area contributed by atoms with Crippen LogP contribution in [0.5, 0.6) is 0 Å². The highest BCUT2D eigenvalue weighted by atomic mass is 16.6. The lowest BCUT2D eigenvalue weighted by Crippen LogP contribution is -2.44. The summed E-state index contributed by atoms with van der Waals surface area (Å²) in [5, 5.41) is 0. The number of epoxide rings is 1. The minimum atomic E-state index is -0.120. The molecule has 16 heavy (non-hydrogen) atoms. The molecule has 1 spiro atoms. The zero-order valence-electron chi connectivity index (χ0n) is 11.0. The van der Waals surface area contributed by atoms with Crippen molar-refractivity contribution in [1.82, 2.24) is 0 Å². The summed E-state index contributed by atoms with van der Waals surface area (Å²) in [7, 11) is 0. The van der Waals surface area contributed by atoms with Crippen LogP contribution in [0.2, 0.25) is 0 Å². The standard InChI is InChI=1S/C14H22O2/c1-8-12(2,3)11-9(15)6-7-10-14(11,16-10)13(8,4)5/h8,10-11H,6-7H2,1-5H3. The molecule has 3 rings (SSSR count). The van der Waals surface area contributed by atoms with Gasteiger partial charge < -0.3 is 4.74 Å². The van der Waals surface area contributed by atoms with Gasteiger partial charge in [-0.05, 0) is 17.8 Å². The second kappa shape index (κ2) is 2.55. The summed E-state index contributed by atoms with van der Waals surface area (Å²) in [6.45, 7) is 11.4. The lowest BCUT2D eigenvalue weighted by molar-refractivity contribution is -0.128. The first kappa shape index (κ1) is 10.8. The first-order valence-corrected chi connectivity index (χ1v) is 6.47. The molecule has 0 N–H and O–H groups in total. The van der Waals surface area contributed by atoms with E-state index in [1.807, 2.05) is 0 Å². The molecule has 90 valence electrons. The van der Waals surface area contributed by atoms with E-state index in [4.69, 9.17) is 4.74 Å². The summed E-state index contributed by atoms with van der Waals surface area (Å²) in [5.41, 5.74) is 0.0862. The number of hydrogen-bond donors (Lipinski definition) is 0. The Morgan fingerprint density at radius 2 is 1.88 bits per heavy atom. The summed E-state index contributed by atoms with van der Waals surface area (Å²) in [6, 6.07) is 0. The third kappa shape index (κ3) is 0.848. The van der Waals surface area contributed by atoms with Crippen LogP contribution in [0, 0.1) is 22.7 Å². The lowest BCUT2D eigenvalue weighted by atomic mass is 9.68. The van der Waals surface area contributed by atoms with Crippen LogP contribution >= 0.6 is 0 Å². The van der Waals surface area contributed by atoms with Crippen molar-refractivity contribution < 1.29 is 9.53 Å². The van der Waals surface area contributed by atoms with Crippen LogP contribution in [0.15, 0.2) is 0 Å². The van der Waals surface area contributed by atoms with Crippen molar-refractivity contribution in [3.63, 3.8) is 0 Å². The number of ether oxygens (including phenoxy) is 1. The number of hydrogen-bond acceptors (Lipinski definition) is 2. The number of carbonyl (C=O) groups is 1. The van der Waals surface area contributed by atoms with Crippen molar-refractivity contribution in [3.8, 4) is 0 Å². The molecule has 2 nitrogen and oxygen atoms in total. The molecule has 1 saturated heterocycles. The molecular weight excluding hydrogens is 200 g/mol. The van der Waals surface area contributed by atoms with Crippen molar-refractivity contribution in [1.29, 1.82) is 0 Å². The Kier molecular flexibility index (Phi) is 1.72. The van der Waals surface area contributed by atoms with Gasteiger partial charge in [0.2, 0.25) is 0 Å². The SMILES string of the molecule is CC1C(C)(C)C2C(=O)CCC3OC32C1(C)C. The van der Waals surface area contributed by atoms with Gasteiger partial charge in [-0.3, -0.25) is 4.79 Å². The van der Waals surface area contributed by atoms with Crippen LogP contribution in [0.25, 0.3) is 0 Å². The molecule has 0 radical (unpaired) electrons. The minimum Gasteiger partial charge on any atom is -0.365 e. The van der Waals surface area contributed by atoms with E-state index in [-0.39, 0.29) is 22.3 Å². The summed E-state index contributed by atoms with van der Waals surface area (Å²) in [6.07, 6.45) is 2.03. The molecule has 2 saturated carbocycles. The molecular formula is C14H22O2. The Morgan fingerprint density at radius 1 is 1.25 bits per heavy atom. The summed E-state index contributed by atoms with van der Waals surface area (Å²) < 4.78 is 6.06. The zero-order chi connectivity index (χ0) is 11.9. The Balaban J connectivity index is 2.16. The fourth-order valence-corrected chi connectivity index (χ4v) is 4.81. The molecule has 3 aliphatic rings. The van der Waals surface area contributed by atoms with Gasteiger partial charge in [-0.2, -0.15) is 0 Å². The molecule has 0 aromatic rings. The predicted octanol–water partition coefficient (Wildman–Crippen LogP) is 2.81. The average molecular weight is 222 g/mol. The molecule has 1 heterocycles. The monoisotopic (exact) mass is 222 g/mol. The van der Waals surface area contributed by atoms with Gasteiger partial charge in [0.05, 0.1) is 12.0 Å². The molecule has 4 atom stereocenters. The molecule has 2 heteroatoms. The van der Waals surface area contributed by atoms with Crippen LogP contribution < -0.4 is 0 Å². The zero-order valence-corrected chi connectivity index (χ0v) is 11.0. The Morgan fingerprint density at radius 3 is 2.44 bits per heavy atom. The Hall–Kier alpha value is -0.370. The molecule has 0 aromatic heterocycles. The second-order valence-electron chi connectivity index (χ2n) is 7.10. The maximum Gasteiger partial charge on any atom is 0.139 e. The van der Waals surface area contributed by atoms with E-state index in [9.17, 15) is 4.79 Å². The van der Waals surface area contributed by atoms with Crippen LogP contribution in [0.4, 0.5) is 0 Å². The molecule has 0 aromatic carbocycles. The van der Waals surface area contributed by atoms with Gasteiger partial charge in [0, 0.05) is 11.8 Å². The topological polar surface area (TPSA) is 29.6 Å².